The number of benzene rings is 2. The van der Waals surface area contributed by atoms with E-state index < -0.39 is 0 Å². The average Bonchev–Trinajstić information content (AvgIpc) is 3.45. The Morgan fingerprint density at radius 3 is 2.79 bits per heavy atom. The van der Waals surface area contributed by atoms with Gasteiger partial charge in [-0.2, -0.15) is 10.1 Å². The van der Waals surface area contributed by atoms with Crippen molar-refractivity contribution in [1.82, 2.24) is 25.5 Å². The maximum atomic E-state index is 12.9. The lowest BCUT2D eigenvalue weighted by atomic mass is 10.1. The third-order valence-corrected chi connectivity index (χ3v) is 6.37. The van der Waals surface area contributed by atoms with Gasteiger partial charge in [-0.3, -0.25) is 9.89 Å². The highest BCUT2D eigenvalue weighted by Gasteiger charge is 2.34. The van der Waals surface area contributed by atoms with Crippen molar-refractivity contribution in [3.63, 3.8) is 0 Å². The number of hydrogen-bond acceptors (Lipinski definition) is 7. The van der Waals surface area contributed by atoms with Gasteiger partial charge in [-0.05, 0) is 31.0 Å². The van der Waals surface area contributed by atoms with Crippen LogP contribution in [0.5, 0.6) is 0 Å². The highest BCUT2D eigenvalue weighted by molar-refractivity contribution is 5.91. The van der Waals surface area contributed by atoms with Crippen LogP contribution in [0.1, 0.15) is 18.9 Å². The monoisotopic (exact) mass is 456 g/mol. The van der Waals surface area contributed by atoms with E-state index in [0.29, 0.717) is 24.9 Å². The van der Waals surface area contributed by atoms with E-state index in [0.717, 1.165) is 40.0 Å². The first kappa shape index (κ1) is 21.7. The zero-order chi connectivity index (χ0) is 23.7. The molecule has 3 heterocycles. The van der Waals surface area contributed by atoms with Gasteiger partial charge in [-0.15, -0.1) is 0 Å². The second-order valence-electron chi connectivity index (χ2n) is 8.69. The molecular formula is C25H28N8O. The molecule has 0 aliphatic carbocycles. The number of hydrogen-bond donors (Lipinski definition) is 4. The Bertz CT molecular complexity index is 1320. The third-order valence-electron chi connectivity index (χ3n) is 6.37. The van der Waals surface area contributed by atoms with Crippen molar-refractivity contribution < 1.29 is 4.79 Å². The molecular weight excluding hydrogens is 428 g/mol. The van der Waals surface area contributed by atoms with E-state index in [9.17, 15) is 4.79 Å². The summed E-state index contributed by atoms with van der Waals surface area (Å²) in [7, 11) is 1.80. The van der Waals surface area contributed by atoms with Crippen LogP contribution < -0.4 is 21.3 Å². The normalized spacial score (nSPS) is 17.8. The lowest BCUT2D eigenvalue weighted by Gasteiger charge is -2.23. The Hall–Kier alpha value is -4.14. The standard InChI is InChI=1S/C25H28N8O/c1-15-10-18(24(34)28-13-16-6-4-3-5-7-16)14-33(15)22-12-20(29-25(27-2)30-22)17-8-9-19-21(11-17)31-32-23(19)26/h3-9,11-12,15,18H,10,13-14H2,1-2H3,(H,28,34)(H3,26,31,32)(H,27,29,30)/t15-,18+/m0/s1. The summed E-state index contributed by atoms with van der Waals surface area (Å²) in [6.07, 6.45) is 0.772. The van der Waals surface area contributed by atoms with Gasteiger partial charge in [0.1, 0.15) is 5.82 Å². The molecule has 1 aliphatic rings. The van der Waals surface area contributed by atoms with E-state index in [2.05, 4.69) is 37.6 Å². The van der Waals surface area contributed by atoms with Crippen LogP contribution in [0.15, 0.2) is 54.6 Å². The predicted octanol–water partition coefficient (Wildman–Crippen LogP) is 3.18. The molecule has 5 N–H and O–H groups in total. The number of rotatable bonds is 6. The minimum absolute atomic E-state index is 0.0728. The molecule has 9 heteroatoms. The second-order valence-corrected chi connectivity index (χ2v) is 8.69. The number of nitrogens with zero attached hydrogens (tertiary/aromatic N) is 4. The number of anilines is 3. The summed E-state index contributed by atoms with van der Waals surface area (Å²) in [6.45, 7) is 3.27. The molecule has 0 bridgehead atoms. The summed E-state index contributed by atoms with van der Waals surface area (Å²) in [6, 6.07) is 18.0. The fourth-order valence-electron chi connectivity index (χ4n) is 4.51. The van der Waals surface area contributed by atoms with E-state index in [1.54, 1.807) is 7.05 Å². The molecule has 0 radical (unpaired) electrons. The number of carbonyl (C=O) groups excluding carboxylic acids is 1. The topological polar surface area (TPSA) is 125 Å². The summed E-state index contributed by atoms with van der Waals surface area (Å²) in [5.74, 6) is 1.77. The molecule has 34 heavy (non-hydrogen) atoms. The fraction of sp³-hybridized carbons (Fsp3) is 0.280. The molecule has 2 aromatic carbocycles. The molecule has 1 fully saturated rings. The van der Waals surface area contributed by atoms with Crippen LogP contribution in [0.2, 0.25) is 0 Å². The van der Waals surface area contributed by atoms with Crippen molar-refractivity contribution in [2.24, 2.45) is 5.92 Å². The quantitative estimate of drug-likeness (QED) is 0.351. The zero-order valence-electron chi connectivity index (χ0n) is 19.2. The van der Waals surface area contributed by atoms with Crippen LogP contribution in [-0.2, 0) is 11.3 Å². The maximum Gasteiger partial charge on any atom is 0.225 e. The summed E-state index contributed by atoms with van der Waals surface area (Å²) in [5, 5.41) is 14.1. The van der Waals surface area contributed by atoms with E-state index in [1.165, 1.54) is 0 Å². The van der Waals surface area contributed by atoms with Gasteiger partial charge in [0.25, 0.3) is 0 Å². The van der Waals surface area contributed by atoms with Crippen molar-refractivity contribution in [3.05, 3.63) is 60.2 Å². The molecule has 9 nitrogen and oxygen atoms in total. The van der Waals surface area contributed by atoms with Gasteiger partial charge in [-0.1, -0.05) is 36.4 Å². The van der Waals surface area contributed by atoms with Crippen LogP contribution in [0, 0.1) is 5.92 Å². The van der Waals surface area contributed by atoms with Gasteiger partial charge < -0.3 is 21.3 Å². The molecule has 2 atom stereocenters. The van der Waals surface area contributed by atoms with Crippen molar-refractivity contribution in [3.8, 4) is 11.3 Å². The Morgan fingerprint density at radius 1 is 1.18 bits per heavy atom. The number of H-pyrrole nitrogens is 1. The summed E-state index contributed by atoms with van der Waals surface area (Å²) >= 11 is 0. The Morgan fingerprint density at radius 2 is 2.00 bits per heavy atom. The van der Waals surface area contributed by atoms with E-state index in [1.807, 2.05) is 54.6 Å². The number of carbonyl (C=O) groups is 1. The van der Waals surface area contributed by atoms with Crippen LogP contribution in [-0.4, -0.2) is 45.7 Å². The summed E-state index contributed by atoms with van der Waals surface area (Å²) < 4.78 is 0. The van der Waals surface area contributed by atoms with Gasteiger partial charge in [0, 0.05) is 43.2 Å². The Kier molecular flexibility index (Phi) is 5.75. The van der Waals surface area contributed by atoms with E-state index in [-0.39, 0.29) is 17.9 Å². The van der Waals surface area contributed by atoms with Crippen molar-refractivity contribution in [2.75, 3.05) is 29.5 Å². The first-order valence-corrected chi connectivity index (χ1v) is 11.4. The van der Waals surface area contributed by atoms with Crippen molar-refractivity contribution in [1.29, 1.82) is 0 Å². The predicted molar refractivity (Wildman–Crippen MR) is 134 cm³/mol. The second kappa shape index (κ2) is 9.01. The number of aromatic amines is 1. The molecule has 174 valence electrons. The fourth-order valence-corrected chi connectivity index (χ4v) is 4.51. The van der Waals surface area contributed by atoms with E-state index >= 15 is 0 Å². The number of amides is 1. The highest BCUT2D eigenvalue weighted by Crippen LogP contribution is 2.32. The molecule has 0 saturated carbocycles. The van der Waals surface area contributed by atoms with Gasteiger partial charge in [-0.25, -0.2) is 4.98 Å². The molecule has 0 unspecified atom stereocenters. The van der Waals surface area contributed by atoms with Crippen LogP contribution in [0.25, 0.3) is 22.2 Å². The number of nitrogens with two attached hydrogens (primary N) is 1. The molecule has 1 aliphatic heterocycles. The van der Waals surface area contributed by atoms with Crippen molar-refractivity contribution >= 4 is 34.4 Å². The first-order valence-electron chi connectivity index (χ1n) is 11.4. The Balaban J connectivity index is 1.36. The molecule has 4 aromatic rings. The van der Waals surface area contributed by atoms with Crippen LogP contribution in [0.3, 0.4) is 0 Å². The summed E-state index contributed by atoms with van der Waals surface area (Å²) in [5.41, 5.74) is 9.57. The number of fused-ring (bicyclic) bond motifs is 1. The molecule has 2 aromatic heterocycles. The molecule has 1 saturated heterocycles. The number of nitrogen functional groups attached to an aromatic ring is 1. The minimum atomic E-state index is -0.0977. The third kappa shape index (κ3) is 4.24. The zero-order valence-corrected chi connectivity index (χ0v) is 19.2. The lowest BCUT2D eigenvalue weighted by molar-refractivity contribution is -0.124. The largest absolute Gasteiger partial charge is 0.382 e. The number of aromatic nitrogens is 4. The average molecular weight is 457 g/mol. The molecule has 0 spiro atoms. The first-order chi connectivity index (χ1) is 16.5. The van der Waals surface area contributed by atoms with Crippen LogP contribution >= 0.6 is 0 Å². The van der Waals surface area contributed by atoms with Gasteiger partial charge in [0.05, 0.1) is 17.1 Å². The smallest absolute Gasteiger partial charge is 0.225 e. The Labute approximate surface area is 197 Å². The lowest BCUT2D eigenvalue weighted by Crippen LogP contribution is -2.33. The van der Waals surface area contributed by atoms with Crippen molar-refractivity contribution in [2.45, 2.75) is 25.9 Å². The highest BCUT2D eigenvalue weighted by atomic mass is 16.1. The van der Waals surface area contributed by atoms with E-state index in [4.69, 9.17) is 10.7 Å². The van der Waals surface area contributed by atoms with Gasteiger partial charge in [0.2, 0.25) is 11.9 Å². The van der Waals surface area contributed by atoms with Gasteiger partial charge >= 0.3 is 0 Å². The molecule has 5 rings (SSSR count). The van der Waals surface area contributed by atoms with Crippen LogP contribution in [0.4, 0.5) is 17.6 Å². The maximum absolute atomic E-state index is 12.9. The minimum Gasteiger partial charge on any atom is -0.382 e. The number of nitrogens with one attached hydrogen (secondary N) is 3. The molecule has 1 amide bonds. The SMILES string of the molecule is CNc1nc(-c2ccc3c(N)n[nH]c3c2)cc(N2C[C@H](C(=O)NCc3ccccc3)C[C@@H]2C)n1. The van der Waals surface area contributed by atoms with Gasteiger partial charge in [0.15, 0.2) is 5.82 Å². The summed E-state index contributed by atoms with van der Waals surface area (Å²) in [4.78, 5) is 24.4.